The topological polar surface area (TPSA) is 95.5 Å². The number of likely N-dealkylation sites (N-methyl/N-ethyl adjacent to an activating group) is 1. The quantitative estimate of drug-likeness (QED) is 0.310. The molecule has 3 N–H and O–H groups in total. The fraction of sp³-hybridized carbons (Fsp3) is 0.435. The van der Waals surface area contributed by atoms with Crippen LogP contribution in [0.3, 0.4) is 0 Å². The van der Waals surface area contributed by atoms with Crippen LogP contribution in [-0.2, 0) is 23.1 Å². The average Bonchev–Trinajstić information content (AvgIpc) is 3.10. The third-order valence-electron chi connectivity index (χ3n) is 5.81. The SMILES string of the molecule is CCNC(=O)C(=O)NC1CCN(CCc2cn(C)c(C(=O)Nc3cc(F)c(F)c(F)c3)c2F)CC1. The van der Waals surface area contributed by atoms with Crippen LogP contribution in [0.1, 0.15) is 35.8 Å². The number of halogens is 4. The second-order valence-electron chi connectivity index (χ2n) is 8.33. The summed E-state index contributed by atoms with van der Waals surface area (Å²) in [6.07, 6.45) is 3.06. The highest BCUT2D eigenvalue weighted by Crippen LogP contribution is 2.21. The molecule has 3 rings (SSSR count). The van der Waals surface area contributed by atoms with E-state index in [9.17, 15) is 31.9 Å². The van der Waals surface area contributed by atoms with Crippen molar-refractivity contribution in [1.82, 2.24) is 20.1 Å². The number of amides is 3. The monoisotopic (exact) mass is 497 g/mol. The first-order chi connectivity index (χ1) is 16.6. The van der Waals surface area contributed by atoms with E-state index in [1.54, 1.807) is 6.92 Å². The smallest absolute Gasteiger partial charge is 0.309 e. The summed E-state index contributed by atoms with van der Waals surface area (Å²) in [6, 6.07) is 1.10. The Bertz CT molecular complexity index is 1090. The van der Waals surface area contributed by atoms with Crippen LogP contribution in [0.5, 0.6) is 0 Å². The van der Waals surface area contributed by atoms with Crippen molar-refractivity contribution >= 4 is 23.4 Å². The Balaban J connectivity index is 1.54. The van der Waals surface area contributed by atoms with Gasteiger partial charge in [-0.25, -0.2) is 17.6 Å². The van der Waals surface area contributed by atoms with Gasteiger partial charge in [-0.3, -0.25) is 14.4 Å². The number of piperidine rings is 1. The van der Waals surface area contributed by atoms with E-state index < -0.39 is 41.0 Å². The average molecular weight is 497 g/mol. The summed E-state index contributed by atoms with van der Waals surface area (Å²) < 4.78 is 56.2. The van der Waals surface area contributed by atoms with Gasteiger partial charge in [0.25, 0.3) is 5.91 Å². The van der Waals surface area contributed by atoms with Crippen LogP contribution in [0, 0.1) is 23.3 Å². The van der Waals surface area contributed by atoms with Crippen molar-refractivity contribution in [2.24, 2.45) is 7.05 Å². The molecular weight excluding hydrogens is 470 g/mol. The number of carbonyl (C=O) groups is 3. The van der Waals surface area contributed by atoms with Crippen LogP contribution in [0.4, 0.5) is 23.2 Å². The Hall–Kier alpha value is -3.41. The van der Waals surface area contributed by atoms with E-state index in [0.29, 0.717) is 63.1 Å². The summed E-state index contributed by atoms with van der Waals surface area (Å²) in [5.74, 6) is -7.61. The Labute approximate surface area is 199 Å². The van der Waals surface area contributed by atoms with Gasteiger partial charge in [0.05, 0.1) is 0 Å². The van der Waals surface area contributed by atoms with Crippen LogP contribution < -0.4 is 16.0 Å². The molecule has 0 unspecified atom stereocenters. The fourth-order valence-corrected chi connectivity index (χ4v) is 3.99. The highest BCUT2D eigenvalue weighted by atomic mass is 19.2. The molecule has 190 valence electrons. The number of rotatable bonds is 7. The zero-order chi connectivity index (χ0) is 25.7. The molecule has 2 heterocycles. The normalized spacial score (nSPS) is 14.6. The lowest BCUT2D eigenvalue weighted by atomic mass is 10.0. The number of aromatic nitrogens is 1. The third kappa shape index (κ3) is 6.38. The number of aryl methyl sites for hydroxylation is 1. The van der Waals surface area contributed by atoms with Crippen molar-refractivity contribution in [2.45, 2.75) is 32.2 Å². The minimum absolute atomic E-state index is 0.119. The highest BCUT2D eigenvalue weighted by Gasteiger charge is 2.25. The zero-order valence-electron chi connectivity index (χ0n) is 19.4. The first kappa shape index (κ1) is 26.2. The molecule has 0 atom stereocenters. The number of carbonyl (C=O) groups excluding carboxylic acids is 3. The number of hydrogen-bond donors (Lipinski definition) is 3. The first-order valence-electron chi connectivity index (χ1n) is 11.2. The Kier molecular flexibility index (Phi) is 8.49. The van der Waals surface area contributed by atoms with E-state index in [1.807, 2.05) is 0 Å². The van der Waals surface area contributed by atoms with Crippen molar-refractivity contribution in [2.75, 3.05) is 31.5 Å². The number of hydrogen-bond acceptors (Lipinski definition) is 4. The second kappa shape index (κ2) is 11.3. The van der Waals surface area contributed by atoms with Crippen molar-refractivity contribution in [3.8, 4) is 0 Å². The van der Waals surface area contributed by atoms with Crippen molar-refractivity contribution in [3.05, 3.63) is 52.9 Å². The molecule has 1 aromatic heterocycles. The molecule has 1 fully saturated rings. The van der Waals surface area contributed by atoms with Crippen LogP contribution in [0.25, 0.3) is 0 Å². The maximum atomic E-state index is 15.0. The molecule has 1 saturated heterocycles. The van der Waals surface area contributed by atoms with Crippen molar-refractivity contribution in [3.63, 3.8) is 0 Å². The van der Waals surface area contributed by atoms with E-state index >= 15 is 0 Å². The summed E-state index contributed by atoms with van der Waals surface area (Å²) in [6.45, 7) is 3.89. The highest BCUT2D eigenvalue weighted by molar-refractivity contribution is 6.35. The van der Waals surface area contributed by atoms with Crippen LogP contribution in [-0.4, -0.2) is 59.4 Å². The Morgan fingerprint density at radius 3 is 2.23 bits per heavy atom. The van der Waals surface area contributed by atoms with Crippen LogP contribution in [0.15, 0.2) is 18.3 Å². The molecule has 8 nitrogen and oxygen atoms in total. The number of nitrogens with one attached hydrogen (secondary N) is 3. The van der Waals surface area contributed by atoms with E-state index in [-0.39, 0.29) is 17.4 Å². The van der Waals surface area contributed by atoms with E-state index in [1.165, 1.54) is 17.8 Å². The van der Waals surface area contributed by atoms with Crippen molar-refractivity contribution in [1.29, 1.82) is 0 Å². The standard InChI is InChI=1S/C23H27F4N5O3/c1-3-28-22(34)23(35)29-14-5-8-32(9-6-14)7-4-13-12-31(2)20(18(13)26)21(33)30-15-10-16(24)19(27)17(25)11-15/h10-12,14H,3-9H2,1-2H3,(H,28,34)(H,29,35)(H,30,33). The molecule has 1 aromatic carbocycles. The lowest BCUT2D eigenvalue weighted by molar-refractivity contribution is -0.139. The van der Waals surface area contributed by atoms with Gasteiger partial charge in [0, 0.05) is 68.8 Å². The van der Waals surface area contributed by atoms with Gasteiger partial charge in [-0.15, -0.1) is 0 Å². The summed E-state index contributed by atoms with van der Waals surface area (Å²) >= 11 is 0. The summed E-state index contributed by atoms with van der Waals surface area (Å²) in [4.78, 5) is 38.0. The molecule has 1 aliphatic rings. The molecule has 0 radical (unpaired) electrons. The molecule has 1 aliphatic heterocycles. The fourth-order valence-electron chi connectivity index (χ4n) is 3.99. The number of likely N-dealkylation sites (tertiary alicyclic amines) is 1. The third-order valence-corrected chi connectivity index (χ3v) is 5.81. The molecule has 12 heteroatoms. The zero-order valence-corrected chi connectivity index (χ0v) is 19.4. The summed E-state index contributed by atoms with van der Waals surface area (Å²) in [7, 11) is 1.47. The van der Waals surface area contributed by atoms with E-state index in [2.05, 4.69) is 20.9 Å². The van der Waals surface area contributed by atoms with Crippen LogP contribution in [0.2, 0.25) is 0 Å². The Morgan fingerprint density at radius 1 is 1.00 bits per heavy atom. The van der Waals surface area contributed by atoms with Gasteiger partial charge in [-0.1, -0.05) is 0 Å². The van der Waals surface area contributed by atoms with Gasteiger partial charge in [0.2, 0.25) is 0 Å². The lowest BCUT2D eigenvalue weighted by Crippen LogP contribution is -2.49. The molecule has 0 bridgehead atoms. The summed E-state index contributed by atoms with van der Waals surface area (Å²) in [5, 5.41) is 7.34. The number of benzene rings is 1. The predicted molar refractivity (Wildman–Crippen MR) is 120 cm³/mol. The minimum atomic E-state index is -1.66. The van der Waals surface area contributed by atoms with Gasteiger partial charge in [-0.2, -0.15) is 0 Å². The lowest BCUT2D eigenvalue weighted by Gasteiger charge is -2.32. The molecule has 0 spiro atoms. The predicted octanol–water partition coefficient (Wildman–Crippen LogP) is 2.09. The number of anilines is 1. The van der Waals surface area contributed by atoms with Gasteiger partial charge >= 0.3 is 11.8 Å². The van der Waals surface area contributed by atoms with Gasteiger partial charge in [0.1, 0.15) is 5.69 Å². The van der Waals surface area contributed by atoms with Crippen molar-refractivity contribution < 1.29 is 31.9 Å². The largest absolute Gasteiger partial charge is 0.348 e. The summed E-state index contributed by atoms with van der Waals surface area (Å²) in [5.41, 5.74) is -0.367. The molecule has 0 saturated carbocycles. The van der Waals surface area contributed by atoms with Gasteiger partial charge in [-0.05, 0) is 26.2 Å². The molecule has 35 heavy (non-hydrogen) atoms. The van der Waals surface area contributed by atoms with Gasteiger partial charge < -0.3 is 25.4 Å². The van der Waals surface area contributed by atoms with Gasteiger partial charge in [0.15, 0.2) is 23.3 Å². The van der Waals surface area contributed by atoms with Crippen LogP contribution >= 0.6 is 0 Å². The molecule has 0 aliphatic carbocycles. The van der Waals surface area contributed by atoms with E-state index in [0.717, 1.165) is 0 Å². The first-order valence-corrected chi connectivity index (χ1v) is 11.2. The molecule has 3 amide bonds. The Morgan fingerprint density at radius 2 is 1.63 bits per heavy atom. The number of nitrogens with zero attached hydrogens (tertiary/aromatic N) is 2. The molecule has 2 aromatic rings. The maximum Gasteiger partial charge on any atom is 0.309 e. The molecular formula is C23H27F4N5O3. The van der Waals surface area contributed by atoms with E-state index in [4.69, 9.17) is 0 Å². The minimum Gasteiger partial charge on any atom is -0.348 e. The maximum absolute atomic E-state index is 15.0. The second-order valence-corrected chi connectivity index (χ2v) is 8.33.